The summed E-state index contributed by atoms with van der Waals surface area (Å²) < 4.78 is 18.3. The lowest BCUT2D eigenvalue weighted by molar-refractivity contribution is -0.114. The van der Waals surface area contributed by atoms with Crippen LogP contribution in [0, 0.1) is 12.7 Å². The van der Waals surface area contributed by atoms with Crippen LogP contribution in [0.25, 0.3) is 0 Å². The third kappa shape index (κ3) is 4.63. The average molecular weight is 345 g/mol. The number of rotatable bonds is 5. The fourth-order valence-corrected chi connectivity index (χ4v) is 2.02. The third-order valence-corrected chi connectivity index (χ3v) is 3.37. The molecule has 0 aliphatic heterocycles. The van der Waals surface area contributed by atoms with E-state index < -0.39 is 30.1 Å². The fourth-order valence-electron chi connectivity index (χ4n) is 2.02. The minimum Gasteiger partial charge on any atom is -0.506 e. The fraction of sp³-hybridized carbons (Fsp3) is 0.167. The lowest BCUT2D eigenvalue weighted by Gasteiger charge is -2.08. The Hall–Kier alpha value is -3.22. The number of nitrogens with one attached hydrogen (secondary N) is 1. The summed E-state index contributed by atoms with van der Waals surface area (Å²) in [5, 5.41) is 12.0. The van der Waals surface area contributed by atoms with E-state index in [1.54, 1.807) is 6.92 Å². The second-order valence-corrected chi connectivity index (χ2v) is 5.38. The van der Waals surface area contributed by atoms with E-state index in [0.717, 1.165) is 6.07 Å². The summed E-state index contributed by atoms with van der Waals surface area (Å²) in [5.41, 5.74) is 0.609. The summed E-state index contributed by atoms with van der Waals surface area (Å²) in [4.78, 5) is 35.0. The maximum Gasteiger partial charge on any atom is 0.338 e. The van der Waals surface area contributed by atoms with Gasteiger partial charge in [0, 0.05) is 12.5 Å². The van der Waals surface area contributed by atoms with Crippen molar-refractivity contribution >= 4 is 23.3 Å². The molecule has 0 aliphatic carbocycles. The van der Waals surface area contributed by atoms with Crippen molar-refractivity contribution in [3.05, 3.63) is 58.9 Å². The van der Waals surface area contributed by atoms with Gasteiger partial charge >= 0.3 is 5.97 Å². The van der Waals surface area contributed by atoms with E-state index in [-0.39, 0.29) is 22.6 Å². The van der Waals surface area contributed by atoms with Gasteiger partial charge in [-0.15, -0.1) is 0 Å². The van der Waals surface area contributed by atoms with Crippen molar-refractivity contribution in [2.75, 3.05) is 11.9 Å². The van der Waals surface area contributed by atoms with Gasteiger partial charge < -0.3 is 15.2 Å². The van der Waals surface area contributed by atoms with Crippen molar-refractivity contribution in [1.82, 2.24) is 0 Å². The van der Waals surface area contributed by atoms with Crippen molar-refractivity contribution in [1.29, 1.82) is 0 Å². The molecule has 25 heavy (non-hydrogen) atoms. The van der Waals surface area contributed by atoms with E-state index in [1.807, 2.05) is 0 Å². The molecule has 0 saturated heterocycles. The lowest BCUT2D eigenvalue weighted by Crippen LogP contribution is -2.15. The molecule has 0 radical (unpaired) electrons. The van der Waals surface area contributed by atoms with Crippen LogP contribution in [0.3, 0.4) is 0 Å². The van der Waals surface area contributed by atoms with Gasteiger partial charge in [0.15, 0.2) is 12.4 Å². The van der Waals surface area contributed by atoms with Gasteiger partial charge in [0.25, 0.3) is 0 Å². The Balaban J connectivity index is 2.05. The first kappa shape index (κ1) is 18.1. The van der Waals surface area contributed by atoms with Crippen LogP contribution in [0.1, 0.15) is 33.2 Å². The van der Waals surface area contributed by atoms with E-state index in [2.05, 4.69) is 5.32 Å². The van der Waals surface area contributed by atoms with Crippen LogP contribution in [0.15, 0.2) is 36.4 Å². The van der Waals surface area contributed by atoms with Gasteiger partial charge in [-0.1, -0.05) is 6.07 Å². The number of phenols is 1. The number of carbonyl (C=O) groups excluding carboxylic acids is 3. The number of ketones is 1. The zero-order valence-electron chi connectivity index (χ0n) is 13.6. The third-order valence-electron chi connectivity index (χ3n) is 3.37. The number of esters is 1. The predicted molar refractivity (Wildman–Crippen MR) is 88.2 cm³/mol. The number of ether oxygens (including phenoxy) is 1. The Morgan fingerprint density at radius 1 is 1.12 bits per heavy atom. The van der Waals surface area contributed by atoms with Crippen LogP contribution in [-0.2, 0) is 9.53 Å². The highest BCUT2D eigenvalue weighted by atomic mass is 19.1. The molecule has 6 nitrogen and oxygen atoms in total. The monoisotopic (exact) mass is 345 g/mol. The minimum atomic E-state index is -0.826. The van der Waals surface area contributed by atoms with Crippen LogP contribution in [0.4, 0.5) is 10.1 Å². The molecular weight excluding hydrogens is 329 g/mol. The topological polar surface area (TPSA) is 92.7 Å². The smallest absolute Gasteiger partial charge is 0.338 e. The predicted octanol–water partition coefficient (Wildman–Crippen LogP) is 2.84. The summed E-state index contributed by atoms with van der Waals surface area (Å²) in [5.74, 6) is -2.51. The number of anilines is 1. The number of aromatic hydroxyl groups is 1. The zero-order valence-corrected chi connectivity index (χ0v) is 13.6. The molecule has 0 fully saturated rings. The van der Waals surface area contributed by atoms with E-state index in [0.29, 0.717) is 5.56 Å². The zero-order chi connectivity index (χ0) is 18.6. The number of phenolic OH excluding ortho intramolecular Hbond substituents is 1. The van der Waals surface area contributed by atoms with E-state index in [9.17, 15) is 23.9 Å². The highest BCUT2D eigenvalue weighted by Crippen LogP contribution is 2.24. The maximum absolute atomic E-state index is 13.5. The Labute approximate surface area is 143 Å². The highest BCUT2D eigenvalue weighted by Gasteiger charge is 2.15. The first-order chi connectivity index (χ1) is 11.8. The molecule has 0 aromatic heterocycles. The molecular formula is C18H16FNO5. The van der Waals surface area contributed by atoms with Crippen molar-refractivity contribution in [3.8, 4) is 5.75 Å². The number of amides is 1. The molecule has 1 amide bonds. The lowest BCUT2D eigenvalue weighted by atomic mass is 10.1. The van der Waals surface area contributed by atoms with Crippen molar-refractivity contribution in [2.45, 2.75) is 13.8 Å². The number of halogens is 1. The number of aryl methyl sites for hydroxylation is 1. The van der Waals surface area contributed by atoms with E-state index in [1.165, 1.54) is 37.3 Å². The standard InChI is InChI=1S/C18H16FNO5/c1-10-3-4-13(7-14(10)19)18(24)25-9-17(23)12-5-6-16(22)15(8-12)20-11(2)21/h3-8,22H,9H2,1-2H3,(H,20,21). The van der Waals surface area contributed by atoms with Gasteiger partial charge in [0.05, 0.1) is 11.3 Å². The summed E-state index contributed by atoms with van der Waals surface area (Å²) in [6.07, 6.45) is 0. The Morgan fingerprint density at radius 3 is 2.44 bits per heavy atom. The molecule has 0 atom stereocenters. The van der Waals surface area contributed by atoms with Crippen molar-refractivity contribution < 1.29 is 28.6 Å². The minimum absolute atomic E-state index is 0.000501. The molecule has 0 heterocycles. The SMILES string of the molecule is CC(=O)Nc1cc(C(=O)COC(=O)c2ccc(C)c(F)c2)ccc1O. The second kappa shape index (κ2) is 7.57. The molecule has 0 aliphatic rings. The second-order valence-electron chi connectivity index (χ2n) is 5.38. The maximum atomic E-state index is 13.5. The van der Waals surface area contributed by atoms with Crippen molar-refractivity contribution in [3.63, 3.8) is 0 Å². The molecule has 0 spiro atoms. The van der Waals surface area contributed by atoms with Gasteiger partial charge in [-0.3, -0.25) is 9.59 Å². The number of Topliss-reactive ketones (excluding diaryl/α,β-unsaturated/α-hetero) is 1. The van der Waals surface area contributed by atoms with Crippen LogP contribution in [0.2, 0.25) is 0 Å². The van der Waals surface area contributed by atoms with Crippen LogP contribution in [-0.4, -0.2) is 29.4 Å². The molecule has 2 rings (SSSR count). The molecule has 7 heteroatoms. The Bertz CT molecular complexity index is 847. The van der Waals surface area contributed by atoms with Crippen LogP contribution < -0.4 is 5.32 Å². The Morgan fingerprint density at radius 2 is 1.80 bits per heavy atom. The van der Waals surface area contributed by atoms with E-state index >= 15 is 0 Å². The molecule has 2 aromatic carbocycles. The first-order valence-electron chi connectivity index (χ1n) is 7.35. The largest absolute Gasteiger partial charge is 0.506 e. The quantitative estimate of drug-likeness (QED) is 0.494. The highest BCUT2D eigenvalue weighted by molar-refractivity contribution is 6.01. The van der Waals surface area contributed by atoms with Crippen molar-refractivity contribution in [2.24, 2.45) is 0 Å². The number of benzene rings is 2. The molecule has 2 N–H and O–H groups in total. The number of hydrogen-bond acceptors (Lipinski definition) is 5. The summed E-state index contributed by atoms with van der Waals surface area (Å²) in [6, 6.07) is 7.74. The van der Waals surface area contributed by atoms with Gasteiger partial charge in [0.1, 0.15) is 11.6 Å². The number of carbonyl (C=O) groups is 3. The number of hydrogen-bond donors (Lipinski definition) is 2. The molecule has 0 unspecified atom stereocenters. The summed E-state index contributed by atoms with van der Waals surface area (Å²) >= 11 is 0. The van der Waals surface area contributed by atoms with E-state index in [4.69, 9.17) is 4.74 Å². The van der Waals surface area contributed by atoms with Crippen LogP contribution in [0.5, 0.6) is 5.75 Å². The Kier molecular flexibility index (Phi) is 5.49. The van der Waals surface area contributed by atoms with Gasteiger partial charge in [-0.2, -0.15) is 0 Å². The summed E-state index contributed by atoms with van der Waals surface area (Å²) in [7, 11) is 0. The molecule has 2 aromatic rings. The average Bonchev–Trinajstić information content (AvgIpc) is 2.56. The summed E-state index contributed by atoms with van der Waals surface area (Å²) in [6.45, 7) is 2.26. The molecule has 0 bridgehead atoms. The van der Waals surface area contributed by atoms with Gasteiger partial charge in [-0.05, 0) is 42.8 Å². The molecule has 130 valence electrons. The van der Waals surface area contributed by atoms with Crippen LogP contribution >= 0.6 is 0 Å². The van der Waals surface area contributed by atoms with Gasteiger partial charge in [-0.25, -0.2) is 9.18 Å². The molecule has 0 saturated carbocycles. The first-order valence-corrected chi connectivity index (χ1v) is 7.35. The van der Waals surface area contributed by atoms with Gasteiger partial charge in [0.2, 0.25) is 5.91 Å². The normalized spacial score (nSPS) is 10.2.